The third-order valence-corrected chi connectivity index (χ3v) is 2.84. The molecular weight excluding hydrogens is 263 g/mol. The topological polar surface area (TPSA) is 55.1 Å². The van der Waals surface area contributed by atoms with Crippen molar-refractivity contribution in [1.82, 2.24) is 9.78 Å². The molecule has 1 aromatic carbocycles. The largest absolute Gasteiger partial charge is 0.506 e. The highest BCUT2D eigenvalue weighted by atomic mass is 35.5. The first-order valence-electron chi connectivity index (χ1n) is 4.71. The Balaban J connectivity index is 2.72. The average Bonchev–Trinajstić information content (AvgIpc) is 2.27. The van der Waals surface area contributed by atoms with Crippen molar-refractivity contribution in [2.24, 2.45) is 7.05 Å². The summed E-state index contributed by atoms with van der Waals surface area (Å²) in [4.78, 5) is 11.7. The number of benzene rings is 1. The Morgan fingerprint density at radius 2 is 2.00 bits per heavy atom. The first-order chi connectivity index (χ1) is 7.99. The number of rotatable bonds is 1. The van der Waals surface area contributed by atoms with Crippen molar-refractivity contribution in [2.45, 2.75) is 0 Å². The monoisotopic (exact) mass is 270 g/mol. The van der Waals surface area contributed by atoms with Gasteiger partial charge in [-0.1, -0.05) is 23.2 Å². The fourth-order valence-electron chi connectivity index (χ4n) is 1.40. The minimum atomic E-state index is -0.272. The molecule has 0 atom stereocenters. The van der Waals surface area contributed by atoms with Crippen LogP contribution in [0.3, 0.4) is 0 Å². The zero-order valence-corrected chi connectivity index (χ0v) is 10.3. The van der Waals surface area contributed by atoms with E-state index in [1.54, 1.807) is 7.05 Å². The molecule has 0 aliphatic rings. The SMILES string of the molecule is Cn1ccc(=O)c(-c2cc(O)c(Cl)cc2Cl)n1. The number of phenols is 1. The van der Waals surface area contributed by atoms with E-state index in [1.165, 1.54) is 29.1 Å². The number of halogens is 2. The lowest BCUT2D eigenvalue weighted by Crippen LogP contribution is -2.11. The minimum absolute atomic E-state index is 0.131. The van der Waals surface area contributed by atoms with E-state index < -0.39 is 0 Å². The van der Waals surface area contributed by atoms with Crippen molar-refractivity contribution in [3.8, 4) is 17.0 Å². The lowest BCUT2D eigenvalue weighted by molar-refractivity contribution is 0.476. The van der Waals surface area contributed by atoms with Crippen LogP contribution in [0, 0.1) is 0 Å². The summed E-state index contributed by atoms with van der Waals surface area (Å²) in [7, 11) is 1.69. The van der Waals surface area contributed by atoms with Gasteiger partial charge >= 0.3 is 0 Å². The zero-order valence-electron chi connectivity index (χ0n) is 8.82. The molecule has 0 saturated heterocycles. The van der Waals surface area contributed by atoms with Crippen LogP contribution in [0.25, 0.3) is 11.3 Å². The number of hydrogen-bond donors (Lipinski definition) is 1. The van der Waals surface area contributed by atoms with Gasteiger partial charge in [-0.3, -0.25) is 9.48 Å². The summed E-state index contributed by atoms with van der Waals surface area (Å²) in [5, 5.41) is 14.0. The molecule has 0 unspecified atom stereocenters. The summed E-state index contributed by atoms with van der Waals surface area (Å²) < 4.78 is 1.48. The summed E-state index contributed by atoms with van der Waals surface area (Å²) in [5.74, 6) is -0.140. The number of hydrogen-bond acceptors (Lipinski definition) is 3. The van der Waals surface area contributed by atoms with Crippen molar-refractivity contribution in [1.29, 1.82) is 0 Å². The average molecular weight is 271 g/mol. The molecule has 17 heavy (non-hydrogen) atoms. The molecule has 0 bridgehead atoms. The van der Waals surface area contributed by atoms with E-state index in [2.05, 4.69) is 5.10 Å². The van der Waals surface area contributed by atoms with Gasteiger partial charge in [-0.05, 0) is 12.1 Å². The van der Waals surface area contributed by atoms with E-state index >= 15 is 0 Å². The van der Waals surface area contributed by atoms with Crippen molar-refractivity contribution >= 4 is 23.2 Å². The molecule has 1 N–H and O–H groups in total. The molecule has 2 rings (SSSR count). The van der Waals surface area contributed by atoms with E-state index in [0.717, 1.165) is 0 Å². The maximum atomic E-state index is 11.7. The summed E-state index contributed by atoms with van der Waals surface area (Å²) in [6.45, 7) is 0. The van der Waals surface area contributed by atoms with Gasteiger partial charge in [0, 0.05) is 24.9 Å². The molecule has 88 valence electrons. The predicted molar refractivity (Wildman–Crippen MR) is 66.6 cm³/mol. The summed E-state index contributed by atoms with van der Waals surface area (Å²) in [6, 6.07) is 4.08. The van der Waals surface area contributed by atoms with Gasteiger partial charge in [0.05, 0.1) is 10.0 Å². The van der Waals surface area contributed by atoms with Gasteiger partial charge in [0.1, 0.15) is 11.4 Å². The third kappa shape index (κ3) is 2.28. The van der Waals surface area contributed by atoms with Crippen molar-refractivity contribution in [3.05, 3.63) is 44.7 Å². The highest BCUT2D eigenvalue weighted by Crippen LogP contribution is 2.34. The second-order valence-corrected chi connectivity index (χ2v) is 4.30. The van der Waals surface area contributed by atoms with E-state index in [9.17, 15) is 9.90 Å². The number of nitrogens with zero attached hydrogens (tertiary/aromatic N) is 2. The first kappa shape index (κ1) is 12.0. The van der Waals surface area contributed by atoms with Crippen LogP contribution in [0.2, 0.25) is 10.0 Å². The Bertz CT molecular complexity index is 638. The second-order valence-electron chi connectivity index (χ2n) is 3.49. The molecule has 4 nitrogen and oxygen atoms in total. The van der Waals surface area contributed by atoms with E-state index in [0.29, 0.717) is 5.56 Å². The maximum Gasteiger partial charge on any atom is 0.208 e. The van der Waals surface area contributed by atoms with Gasteiger partial charge in [-0.2, -0.15) is 5.10 Å². The van der Waals surface area contributed by atoms with E-state index in [-0.39, 0.29) is 26.9 Å². The number of phenolic OH excluding ortho intramolecular Hbond substituents is 1. The van der Waals surface area contributed by atoms with Crippen LogP contribution < -0.4 is 5.43 Å². The van der Waals surface area contributed by atoms with Crippen LogP contribution in [0.5, 0.6) is 5.75 Å². The molecular formula is C11H8Cl2N2O2. The Kier molecular flexibility index (Phi) is 3.09. The fraction of sp³-hybridized carbons (Fsp3) is 0.0909. The van der Waals surface area contributed by atoms with Crippen molar-refractivity contribution in [3.63, 3.8) is 0 Å². The molecule has 0 spiro atoms. The minimum Gasteiger partial charge on any atom is -0.506 e. The summed E-state index contributed by atoms with van der Waals surface area (Å²) >= 11 is 11.7. The molecule has 2 aromatic rings. The standard InChI is InChI=1S/C11H8Cl2N2O2/c1-15-3-2-9(16)11(14-15)6-4-10(17)8(13)5-7(6)12/h2-5,17H,1H3. The smallest absolute Gasteiger partial charge is 0.208 e. The molecule has 6 heteroatoms. The number of aryl methyl sites for hydroxylation is 1. The molecule has 0 fully saturated rings. The molecule has 1 aromatic heterocycles. The van der Waals surface area contributed by atoms with Gasteiger partial charge in [0.25, 0.3) is 0 Å². The van der Waals surface area contributed by atoms with Gasteiger partial charge in [-0.25, -0.2) is 0 Å². The van der Waals surface area contributed by atoms with Crippen LogP contribution in [-0.2, 0) is 7.05 Å². The Morgan fingerprint density at radius 3 is 2.71 bits per heavy atom. The second kappa shape index (κ2) is 4.39. The van der Waals surface area contributed by atoms with E-state index in [4.69, 9.17) is 23.2 Å². The van der Waals surface area contributed by atoms with Crippen LogP contribution in [-0.4, -0.2) is 14.9 Å². The van der Waals surface area contributed by atoms with Crippen LogP contribution in [0.4, 0.5) is 0 Å². The molecule has 1 heterocycles. The lowest BCUT2D eigenvalue weighted by atomic mass is 10.1. The zero-order chi connectivity index (χ0) is 12.6. The van der Waals surface area contributed by atoms with Gasteiger partial charge in [0.15, 0.2) is 0 Å². The molecule has 0 saturated carbocycles. The van der Waals surface area contributed by atoms with Crippen LogP contribution in [0.1, 0.15) is 0 Å². The van der Waals surface area contributed by atoms with Gasteiger partial charge < -0.3 is 5.11 Å². The lowest BCUT2D eigenvalue weighted by Gasteiger charge is -2.06. The summed E-state index contributed by atoms with van der Waals surface area (Å²) in [6.07, 6.45) is 1.54. The first-order valence-corrected chi connectivity index (χ1v) is 5.47. The number of aromatic nitrogens is 2. The molecule has 0 radical (unpaired) electrons. The predicted octanol–water partition coefficient (Wildman–Crippen LogP) is 2.46. The quantitative estimate of drug-likeness (QED) is 0.866. The molecule has 0 aliphatic carbocycles. The molecule has 0 amide bonds. The Labute approximate surface area is 107 Å². The Morgan fingerprint density at radius 1 is 1.29 bits per heavy atom. The van der Waals surface area contributed by atoms with Crippen molar-refractivity contribution < 1.29 is 5.11 Å². The van der Waals surface area contributed by atoms with Gasteiger partial charge in [-0.15, -0.1) is 0 Å². The van der Waals surface area contributed by atoms with Crippen LogP contribution >= 0.6 is 23.2 Å². The van der Waals surface area contributed by atoms with Crippen molar-refractivity contribution in [2.75, 3.05) is 0 Å². The third-order valence-electron chi connectivity index (χ3n) is 2.22. The maximum absolute atomic E-state index is 11.7. The fourth-order valence-corrected chi connectivity index (χ4v) is 1.87. The highest BCUT2D eigenvalue weighted by molar-refractivity contribution is 6.37. The molecule has 0 aliphatic heterocycles. The number of aromatic hydroxyl groups is 1. The highest BCUT2D eigenvalue weighted by Gasteiger charge is 2.12. The Hall–Kier alpha value is -1.52. The van der Waals surface area contributed by atoms with Crippen LogP contribution in [0.15, 0.2) is 29.2 Å². The normalized spacial score (nSPS) is 10.5. The van der Waals surface area contributed by atoms with Gasteiger partial charge in [0.2, 0.25) is 5.43 Å². The van der Waals surface area contributed by atoms with E-state index in [1.807, 2.05) is 0 Å². The summed E-state index contributed by atoms with van der Waals surface area (Å²) in [5.41, 5.74) is 0.258.